The van der Waals surface area contributed by atoms with Gasteiger partial charge >= 0.3 is 5.97 Å². The lowest BCUT2D eigenvalue weighted by Crippen LogP contribution is -2.34. The van der Waals surface area contributed by atoms with Gasteiger partial charge in [-0.1, -0.05) is 18.2 Å². The molecule has 1 amide bonds. The molecular weight excluding hydrogens is 292 g/mol. The Morgan fingerprint density at radius 2 is 2.10 bits per heavy atom. The number of carbonyl (C=O) groups is 2. The van der Waals surface area contributed by atoms with Crippen LogP contribution in [0.5, 0.6) is 0 Å². The van der Waals surface area contributed by atoms with Gasteiger partial charge in [0.25, 0.3) is 5.91 Å². The molecule has 1 aromatic heterocycles. The van der Waals surface area contributed by atoms with E-state index in [1.165, 1.54) is 7.11 Å². The number of nitrogens with zero attached hydrogens (tertiary/aromatic N) is 1. The highest BCUT2D eigenvalue weighted by Gasteiger charge is 2.18. The van der Waals surface area contributed by atoms with Crippen molar-refractivity contribution >= 4 is 34.4 Å². The quantitative estimate of drug-likeness (QED) is 0.693. The number of hydrogen-bond donors (Lipinski definition) is 1. The number of pyridine rings is 1. The molecule has 0 saturated heterocycles. The summed E-state index contributed by atoms with van der Waals surface area (Å²) in [5.41, 5.74) is 2.00. The first-order chi connectivity index (χ1) is 10.0. The first-order valence-electron chi connectivity index (χ1n) is 6.39. The SMILES string of the molecule is COC(=O)C(Cl)CNC(=O)c1cc(C)nc2ccccc12. The Hall–Kier alpha value is -2.14. The van der Waals surface area contributed by atoms with Gasteiger partial charge in [0.05, 0.1) is 18.2 Å². The van der Waals surface area contributed by atoms with Gasteiger partial charge in [0.15, 0.2) is 0 Å². The monoisotopic (exact) mass is 306 g/mol. The first kappa shape index (κ1) is 15.3. The van der Waals surface area contributed by atoms with Gasteiger partial charge < -0.3 is 10.1 Å². The minimum absolute atomic E-state index is 0.00274. The molecule has 1 heterocycles. The van der Waals surface area contributed by atoms with E-state index >= 15 is 0 Å². The molecule has 0 aliphatic carbocycles. The maximum atomic E-state index is 12.3. The Bertz CT molecular complexity index is 688. The lowest BCUT2D eigenvalue weighted by molar-refractivity contribution is -0.140. The van der Waals surface area contributed by atoms with Gasteiger partial charge in [-0.3, -0.25) is 14.6 Å². The number of hydrogen-bond acceptors (Lipinski definition) is 4. The van der Waals surface area contributed by atoms with Gasteiger partial charge in [0.2, 0.25) is 0 Å². The lowest BCUT2D eigenvalue weighted by atomic mass is 10.1. The summed E-state index contributed by atoms with van der Waals surface area (Å²) < 4.78 is 4.51. The van der Waals surface area contributed by atoms with Gasteiger partial charge in [0.1, 0.15) is 5.38 Å². The molecule has 0 bridgehead atoms. The lowest BCUT2D eigenvalue weighted by Gasteiger charge is -2.11. The summed E-state index contributed by atoms with van der Waals surface area (Å²) in [5.74, 6) is -0.876. The van der Waals surface area contributed by atoms with E-state index in [1.54, 1.807) is 6.07 Å². The number of fused-ring (bicyclic) bond motifs is 1. The molecule has 0 radical (unpaired) electrons. The van der Waals surface area contributed by atoms with Gasteiger partial charge in [0, 0.05) is 17.6 Å². The van der Waals surface area contributed by atoms with Crippen molar-refractivity contribution in [3.8, 4) is 0 Å². The average molecular weight is 307 g/mol. The van der Waals surface area contributed by atoms with Crippen LogP contribution in [0, 0.1) is 6.92 Å². The van der Waals surface area contributed by atoms with Crippen molar-refractivity contribution in [3.63, 3.8) is 0 Å². The fourth-order valence-electron chi connectivity index (χ4n) is 1.98. The molecule has 0 aliphatic heterocycles. The fraction of sp³-hybridized carbons (Fsp3) is 0.267. The summed E-state index contributed by atoms with van der Waals surface area (Å²) in [5, 5.41) is 2.48. The second-order valence-corrected chi connectivity index (χ2v) is 5.06. The molecule has 1 aromatic carbocycles. The van der Waals surface area contributed by atoms with Crippen LogP contribution in [-0.2, 0) is 9.53 Å². The van der Waals surface area contributed by atoms with E-state index in [1.807, 2.05) is 31.2 Å². The number of amides is 1. The number of para-hydroxylation sites is 1. The van der Waals surface area contributed by atoms with Gasteiger partial charge in [-0.25, -0.2) is 0 Å². The standard InChI is InChI=1S/C15H15ClN2O3/c1-9-7-11(10-5-3-4-6-13(10)18-9)14(19)17-8-12(16)15(20)21-2/h3-7,12H,8H2,1-2H3,(H,17,19). The van der Waals surface area contributed by atoms with Crippen LogP contribution in [0.2, 0.25) is 0 Å². The van der Waals surface area contributed by atoms with Crippen LogP contribution in [0.25, 0.3) is 10.9 Å². The molecule has 2 aromatic rings. The van der Waals surface area contributed by atoms with E-state index in [2.05, 4.69) is 15.0 Å². The van der Waals surface area contributed by atoms with Crippen molar-refractivity contribution in [2.24, 2.45) is 0 Å². The molecule has 0 saturated carbocycles. The van der Waals surface area contributed by atoms with Crippen molar-refractivity contribution < 1.29 is 14.3 Å². The number of halogens is 1. The van der Waals surface area contributed by atoms with E-state index in [0.29, 0.717) is 5.56 Å². The molecule has 110 valence electrons. The Kier molecular flexibility index (Phi) is 4.75. The molecule has 1 unspecified atom stereocenters. The number of methoxy groups -OCH3 is 1. The van der Waals surface area contributed by atoms with Crippen molar-refractivity contribution in [1.82, 2.24) is 10.3 Å². The molecule has 2 rings (SSSR count). The number of benzene rings is 1. The summed E-state index contributed by atoms with van der Waals surface area (Å²) in [6.45, 7) is 1.82. The molecular formula is C15H15ClN2O3. The number of nitrogens with one attached hydrogen (secondary N) is 1. The van der Waals surface area contributed by atoms with Crippen LogP contribution in [0.3, 0.4) is 0 Å². The van der Waals surface area contributed by atoms with E-state index in [9.17, 15) is 9.59 Å². The average Bonchev–Trinajstić information content (AvgIpc) is 2.50. The number of carbonyl (C=O) groups excluding carboxylic acids is 2. The van der Waals surface area contributed by atoms with Crippen LogP contribution in [0.4, 0.5) is 0 Å². The Labute approximate surface area is 127 Å². The molecule has 6 heteroatoms. The van der Waals surface area contributed by atoms with E-state index in [4.69, 9.17) is 11.6 Å². The van der Waals surface area contributed by atoms with Crippen molar-refractivity contribution in [1.29, 1.82) is 0 Å². The molecule has 1 N–H and O–H groups in total. The molecule has 5 nitrogen and oxygen atoms in total. The highest BCUT2D eigenvalue weighted by molar-refractivity contribution is 6.30. The summed E-state index contributed by atoms with van der Waals surface area (Å²) in [6.07, 6.45) is 0. The minimum atomic E-state index is -0.909. The van der Waals surface area contributed by atoms with Crippen LogP contribution < -0.4 is 5.32 Å². The van der Waals surface area contributed by atoms with Crippen LogP contribution in [0.1, 0.15) is 16.1 Å². The minimum Gasteiger partial charge on any atom is -0.468 e. The Balaban J connectivity index is 2.22. The molecule has 0 spiro atoms. The maximum Gasteiger partial charge on any atom is 0.325 e. The number of rotatable bonds is 4. The zero-order valence-electron chi connectivity index (χ0n) is 11.7. The summed E-state index contributed by atoms with van der Waals surface area (Å²) in [6, 6.07) is 9.09. The third-order valence-corrected chi connectivity index (χ3v) is 3.32. The summed E-state index contributed by atoms with van der Waals surface area (Å²) in [4.78, 5) is 27.9. The predicted octanol–water partition coefficient (Wildman–Crippen LogP) is 2.05. The van der Waals surface area contributed by atoms with Crippen molar-refractivity contribution in [3.05, 3.63) is 41.6 Å². The van der Waals surface area contributed by atoms with Crippen molar-refractivity contribution in [2.45, 2.75) is 12.3 Å². The third kappa shape index (κ3) is 3.49. The van der Waals surface area contributed by atoms with E-state index in [0.717, 1.165) is 16.6 Å². The second-order valence-electron chi connectivity index (χ2n) is 4.53. The number of aryl methyl sites for hydroxylation is 1. The zero-order valence-corrected chi connectivity index (χ0v) is 12.5. The van der Waals surface area contributed by atoms with Gasteiger partial charge in [-0.05, 0) is 19.1 Å². The van der Waals surface area contributed by atoms with Crippen LogP contribution in [0.15, 0.2) is 30.3 Å². The molecule has 21 heavy (non-hydrogen) atoms. The van der Waals surface area contributed by atoms with Crippen LogP contribution in [-0.4, -0.2) is 35.9 Å². The highest BCUT2D eigenvalue weighted by Crippen LogP contribution is 2.18. The normalized spacial score (nSPS) is 12.0. The Morgan fingerprint density at radius 3 is 2.81 bits per heavy atom. The largest absolute Gasteiger partial charge is 0.468 e. The van der Waals surface area contributed by atoms with E-state index in [-0.39, 0.29) is 12.5 Å². The second kappa shape index (κ2) is 6.54. The van der Waals surface area contributed by atoms with Crippen LogP contribution >= 0.6 is 11.6 Å². The smallest absolute Gasteiger partial charge is 0.325 e. The predicted molar refractivity (Wildman–Crippen MR) is 80.5 cm³/mol. The third-order valence-electron chi connectivity index (χ3n) is 2.99. The van der Waals surface area contributed by atoms with Gasteiger partial charge in [-0.2, -0.15) is 0 Å². The topological polar surface area (TPSA) is 68.3 Å². The zero-order chi connectivity index (χ0) is 15.4. The number of ether oxygens (including phenoxy) is 1. The highest BCUT2D eigenvalue weighted by atomic mass is 35.5. The fourth-order valence-corrected chi connectivity index (χ4v) is 2.15. The molecule has 0 fully saturated rings. The number of esters is 1. The maximum absolute atomic E-state index is 12.3. The molecule has 1 atom stereocenters. The first-order valence-corrected chi connectivity index (χ1v) is 6.83. The molecule has 0 aliphatic rings. The van der Waals surface area contributed by atoms with Gasteiger partial charge in [-0.15, -0.1) is 11.6 Å². The van der Waals surface area contributed by atoms with E-state index < -0.39 is 11.3 Å². The summed E-state index contributed by atoms with van der Waals surface area (Å²) in [7, 11) is 1.25. The van der Waals surface area contributed by atoms with Crippen molar-refractivity contribution in [2.75, 3.05) is 13.7 Å². The Morgan fingerprint density at radius 1 is 1.38 bits per heavy atom. The number of aromatic nitrogens is 1. The summed E-state index contributed by atoms with van der Waals surface area (Å²) >= 11 is 5.81. The number of alkyl halides is 1.